The van der Waals surface area contributed by atoms with Gasteiger partial charge in [0.1, 0.15) is 11.5 Å². The van der Waals surface area contributed by atoms with Gasteiger partial charge in [-0.15, -0.1) is 0 Å². The van der Waals surface area contributed by atoms with E-state index in [0.29, 0.717) is 12.2 Å². The minimum absolute atomic E-state index is 0.0492. The molecule has 0 aromatic heterocycles. The van der Waals surface area contributed by atoms with Gasteiger partial charge in [-0.25, -0.2) is 0 Å². The number of hydrogen-bond acceptors (Lipinski definition) is 3. The minimum Gasteiger partial charge on any atom is -0.427 e. The minimum atomic E-state index is -0.342. The van der Waals surface area contributed by atoms with E-state index in [1.807, 2.05) is 27.7 Å². The molecule has 0 aliphatic carbocycles. The summed E-state index contributed by atoms with van der Waals surface area (Å²) < 4.78 is 4.90. The highest BCUT2D eigenvalue weighted by Gasteiger charge is 2.08. The summed E-state index contributed by atoms with van der Waals surface area (Å²) in [6.07, 6.45) is 0.429. The molecule has 0 saturated carbocycles. The summed E-state index contributed by atoms with van der Waals surface area (Å²) in [4.78, 5) is 22.2. The highest BCUT2D eigenvalue weighted by atomic mass is 16.5. The molecule has 18 heavy (non-hydrogen) atoms. The molecule has 0 saturated heterocycles. The molecule has 0 atom stereocenters. The molecule has 0 fully saturated rings. The molecular formula is C15H22O3. The first-order valence-corrected chi connectivity index (χ1v) is 6.29. The molecule has 100 valence electrons. The number of benzene rings is 1. The van der Waals surface area contributed by atoms with Gasteiger partial charge in [-0.05, 0) is 17.7 Å². The standard InChI is InChI=1S/C13H16O3.C2H6/c1-9(2)13(15)8-11-4-6-12(7-5-11)16-10(3)14;1-2/h4-7,9H,8H2,1-3H3;1-2H3. The lowest BCUT2D eigenvalue weighted by Gasteiger charge is -2.05. The van der Waals surface area contributed by atoms with Crippen molar-refractivity contribution in [2.75, 3.05) is 0 Å². The van der Waals surface area contributed by atoms with Crippen molar-refractivity contribution in [3.05, 3.63) is 29.8 Å². The summed E-state index contributed by atoms with van der Waals surface area (Å²) in [5.41, 5.74) is 0.939. The summed E-state index contributed by atoms with van der Waals surface area (Å²) in [5, 5.41) is 0. The molecule has 0 amide bonds. The second-order valence-corrected chi connectivity index (χ2v) is 4.04. The fourth-order valence-electron chi connectivity index (χ4n) is 1.25. The van der Waals surface area contributed by atoms with Crippen molar-refractivity contribution >= 4 is 11.8 Å². The SMILES string of the molecule is CC.CC(=O)Oc1ccc(CC(=O)C(C)C)cc1. The molecule has 0 aliphatic heterocycles. The van der Waals surface area contributed by atoms with Crippen LogP contribution in [-0.2, 0) is 16.0 Å². The Bertz CT molecular complexity index is 377. The molecule has 0 unspecified atom stereocenters. The van der Waals surface area contributed by atoms with Gasteiger partial charge in [0.05, 0.1) is 0 Å². The molecule has 3 nitrogen and oxygen atoms in total. The first-order valence-electron chi connectivity index (χ1n) is 6.29. The fraction of sp³-hybridized carbons (Fsp3) is 0.467. The molecule has 1 rings (SSSR count). The molecule has 0 radical (unpaired) electrons. The number of Topliss-reactive ketones (excluding diaryl/α,β-unsaturated/α-hetero) is 1. The van der Waals surface area contributed by atoms with Crippen LogP contribution in [0.2, 0.25) is 0 Å². The molecule has 1 aromatic rings. The Kier molecular flexibility index (Phi) is 7.68. The smallest absolute Gasteiger partial charge is 0.308 e. The highest BCUT2D eigenvalue weighted by Crippen LogP contribution is 2.14. The first kappa shape index (κ1) is 16.4. The number of hydrogen-bond donors (Lipinski definition) is 0. The lowest BCUT2D eigenvalue weighted by molar-refractivity contribution is -0.131. The van der Waals surface area contributed by atoms with Crippen LogP contribution in [0.4, 0.5) is 0 Å². The second-order valence-electron chi connectivity index (χ2n) is 4.04. The Labute approximate surface area is 109 Å². The molecule has 0 spiro atoms. The number of esters is 1. The summed E-state index contributed by atoms with van der Waals surface area (Å²) >= 11 is 0. The van der Waals surface area contributed by atoms with Gasteiger partial charge in [0.15, 0.2) is 0 Å². The Morgan fingerprint density at radius 3 is 2.00 bits per heavy atom. The Morgan fingerprint density at radius 2 is 1.61 bits per heavy atom. The van der Waals surface area contributed by atoms with Crippen LogP contribution in [0.15, 0.2) is 24.3 Å². The number of carbonyl (C=O) groups is 2. The molecule has 0 N–H and O–H groups in total. The van der Waals surface area contributed by atoms with Crippen LogP contribution in [-0.4, -0.2) is 11.8 Å². The lowest BCUT2D eigenvalue weighted by atomic mass is 10.0. The maximum absolute atomic E-state index is 11.5. The third-order valence-corrected chi connectivity index (χ3v) is 2.21. The number of ether oxygens (including phenoxy) is 1. The zero-order valence-electron chi connectivity index (χ0n) is 11.8. The highest BCUT2D eigenvalue weighted by molar-refractivity contribution is 5.82. The number of ketones is 1. The third-order valence-electron chi connectivity index (χ3n) is 2.21. The van der Waals surface area contributed by atoms with Crippen LogP contribution < -0.4 is 4.74 Å². The van der Waals surface area contributed by atoms with Crippen LogP contribution in [0.5, 0.6) is 5.75 Å². The maximum Gasteiger partial charge on any atom is 0.308 e. The zero-order chi connectivity index (χ0) is 14.1. The van der Waals surface area contributed by atoms with E-state index < -0.39 is 0 Å². The van der Waals surface area contributed by atoms with E-state index in [-0.39, 0.29) is 17.7 Å². The molecular weight excluding hydrogens is 228 g/mol. The van der Waals surface area contributed by atoms with Gasteiger partial charge in [0, 0.05) is 19.3 Å². The van der Waals surface area contributed by atoms with Gasteiger partial charge >= 0.3 is 5.97 Å². The first-order chi connectivity index (χ1) is 8.49. The van der Waals surface area contributed by atoms with Gasteiger partial charge in [-0.3, -0.25) is 9.59 Å². The molecule has 0 heterocycles. The van der Waals surface area contributed by atoms with Crippen molar-refractivity contribution < 1.29 is 14.3 Å². The van der Waals surface area contributed by atoms with Crippen molar-refractivity contribution in [3.63, 3.8) is 0 Å². The van der Waals surface area contributed by atoms with Crippen LogP contribution in [0.25, 0.3) is 0 Å². The quantitative estimate of drug-likeness (QED) is 0.607. The summed E-state index contributed by atoms with van der Waals surface area (Å²) in [6.45, 7) is 9.13. The topological polar surface area (TPSA) is 43.4 Å². The maximum atomic E-state index is 11.5. The second kappa shape index (κ2) is 8.45. The van der Waals surface area contributed by atoms with Crippen molar-refractivity contribution in [3.8, 4) is 5.75 Å². The summed E-state index contributed by atoms with van der Waals surface area (Å²) in [7, 11) is 0. The van der Waals surface area contributed by atoms with Crippen LogP contribution in [0.1, 0.15) is 40.2 Å². The zero-order valence-corrected chi connectivity index (χ0v) is 11.8. The molecule has 1 aromatic carbocycles. The van der Waals surface area contributed by atoms with E-state index in [4.69, 9.17) is 4.74 Å². The van der Waals surface area contributed by atoms with Crippen molar-refractivity contribution in [2.45, 2.75) is 41.0 Å². The van der Waals surface area contributed by atoms with E-state index in [9.17, 15) is 9.59 Å². The normalized spacial score (nSPS) is 9.44. The monoisotopic (exact) mass is 250 g/mol. The fourth-order valence-corrected chi connectivity index (χ4v) is 1.25. The van der Waals surface area contributed by atoms with E-state index in [0.717, 1.165) is 5.56 Å². The van der Waals surface area contributed by atoms with Crippen molar-refractivity contribution in [1.29, 1.82) is 0 Å². The molecule has 0 bridgehead atoms. The van der Waals surface area contributed by atoms with Crippen LogP contribution >= 0.6 is 0 Å². The van der Waals surface area contributed by atoms with E-state index in [2.05, 4.69) is 0 Å². The molecule has 0 aliphatic rings. The van der Waals surface area contributed by atoms with E-state index in [1.54, 1.807) is 24.3 Å². The molecule has 3 heteroatoms. The number of carbonyl (C=O) groups excluding carboxylic acids is 2. The Balaban J connectivity index is 0.00000137. The lowest BCUT2D eigenvalue weighted by Crippen LogP contribution is -2.10. The van der Waals surface area contributed by atoms with Gasteiger partial charge in [-0.2, -0.15) is 0 Å². The Hall–Kier alpha value is -1.64. The van der Waals surface area contributed by atoms with Crippen molar-refractivity contribution in [2.24, 2.45) is 5.92 Å². The predicted molar refractivity (Wildman–Crippen MR) is 72.6 cm³/mol. The van der Waals surface area contributed by atoms with E-state index in [1.165, 1.54) is 6.92 Å². The largest absolute Gasteiger partial charge is 0.427 e. The van der Waals surface area contributed by atoms with Gasteiger partial charge < -0.3 is 4.74 Å². The van der Waals surface area contributed by atoms with Crippen LogP contribution in [0.3, 0.4) is 0 Å². The van der Waals surface area contributed by atoms with Crippen molar-refractivity contribution in [1.82, 2.24) is 0 Å². The predicted octanol–water partition coefficient (Wildman–Crippen LogP) is 3.41. The average molecular weight is 250 g/mol. The number of rotatable bonds is 4. The van der Waals surface area contributed by atoms with E-state index >= 15 is 0 Å². The third kappa shape index (κ3) is 6.18. The summed E-state index contributed by atoms with van der Waals surface area (Å²) in [5.74, 6) is 0.424. The van der Waals surface area contributed by atoms with Gasteiger partial charge in [-0.1, -0.05) is 39.8 Å². The Morgan fingerprint density at radius 1 is 1.11 bits per heavy atom. The van der Waals surface area contributed by atoms with Crippen LogP contribution in [0, 0.1) is 5.92 Å². The van der Waals surface area contributed by atoms with Gasteiger partial charge in [0.2, 0.25) is 0 Å². The van der Waals surface area contributed by atoms with Gasteiger partial charge in [0.25, 0.3) is 0 Å². The average Bonchev–Trinajstić information content (AvgIpc) is 2.33. The summed E-state index contributed by atoms with van der Waals surface area (Å²) in [6, 6.07) is 7.01.